The van der Waals surface area contributed by atoms with E-state index in [2.05, 4.69) is 16.5 Å². The number of hydrogen-bond donors (Lipinski definition) is 1. The number of nitrogens with two attached hydrogens (primary N) is 1. The van der Waals surface area contributed by atoms with Gasteiger partial charge in [-0.25, -0.2) is 4.98 Å². The number of hydrogen-bond acceptors (Lipinski definition) is 3. The predicted octanol–water partition coefficient (Wildman–Crippen LogP) is 2.80. The molecule has 0 bridgehead atoms. The van der Waals surface area contributed by atoms with Crippen LogP contribution in [0.3, 0.4) is 0 Å². The van der Waals surface area contributed by atoms with Crippen LogP contribution in [0.1, 0.15) is 19.8 Å². The number of para-hydroxylation sites is 1. The van der Waals surface area contributed by atoms with Gasteiger partial charge in [0.15, 0.2) is 0 Å². The molecule has 0 radical (unpaired) electrons. The second-order valence-corrected chi connectivity index (χ2v) is 5.43. The lowest BCUT2D eigenvalue weighted by Crippen LogP contribution is -2.37. The fourth-order valence-corrected chi connectivity index (χ4v) is 2.94. The Hall–Kier alpha value is -1.26. The van der Waals surface area contributed by atoms with E-state index in [-0.39, 0.29) is 5.54 Å². The normalized spacial score (nSPS) is 19.2. The van der Waals surface area contributed by atoms with E-state index in [0.717, 1.165) is 37.1 Å². The van der Waals surface area contributed by atoms with E-state index in [9.17, 15) is 0 Å². The zero-order valence-electron chi connectivity index (χ0n) is 10.3. The lowest BCUT2D eigenvalue weighted by Gasteiger charge is -2.36. The first-order chi connectivity index (χ1) is 8.62. The van der Waals surface area contributed by atoms with Crippen molar-refractivity contribution in [3.05, 3.63) is 23.2 Å². The molecule has 0 spiro atoms. The molecule has 1 saturated heterocycles. The van der Waals surface area contributed by atoms with E-state index in [1.54, 1.807) is 0 Å². The van der Waals surface area contributed by atoms with Crippen LogP contribution in [0.4, 0.5) is 5.95 Å². The van der Waals surface area contributed by atoms with Crippen molar-refractivity contribution in [2.24, 2.45) is 0 Å². The van der Waals surface area contributed by atoms with Crippen LogP contribution >= 0.6 is 11.6 Å². The standard InChI is InChI=1S/C13H16ClN3O/c1-13(5-7-18-8-6-13)17-11-9(14)3-2-4-10(11)16-12(17)15/h2-4H,5-8H2,1H3,(H2,15,16). The van der Waals surface area contributed by atoms with Crippen molar-refractivity contribution in [2.45, 2.75) is 25.3 Å². The maximum atomic E-state index is 6.31. The van der Waals surface area contributed by atoms with Crippen molar-refractivity contribution in [1.82, 2.24) is 9.55 Å². The molecule has 2 N–H and O–H groups in total. The Bertz CT molecular complexity index is 587. The van der Waals surface area contributed by atoms with Gasteiger partial charge in [0.2, 0.25) is 5.95 Å². The average molecular weight is 266 g/mol. The third-order valence-electron chi connectivity index (χ3n) is 3.76. The van der Waals surface area contributed by atoms with E-state index in [4.69, 9.17) is 22.1 Å². The van der Waals surface area contributed by atoms with E-state index < -0.39 is 0 Å². The molecule has 1 aliphatic heterocycles. The largest absolute Gasteiger partial charge is 0.381 e. The minimum atomic E-state index is -0.0674. The van der Waals surface area contributed by atoms with Gasteiger partial charge in [0.05, 0.1) is 16.1 Å². The minimum absolute atomic E-state index is 0.0674. The molecule has 4 nitrogen and oxygen atoms in total. The molecule has 0 atom stereocenters. The van der Waals surface area contributed by atoms with Gasteiger partial charge in [-0.2, -0.15) is 0 Å². The fourth-order valence-electron chi connectivity index (χ4n) is 2.68. The highest BCUT2D eigenvalue weighted by Gasteiger charge is 2.33. The molecule has 18 heavy (non-hydrogen) atoms. The number of halogens is 1. The summed E-state index contributed by atoms with van der Waals surface area (Å²) in [6.07, 6.45) is 1.85. The number of nitrogens with zero attached hydrogens (tertiary/aromatic N) is 2. The average Bonchev–Trinajstić information content (AvgIpc) is 2.68. The summed E-state index contributed by atoms with van der Waals surface area (Å²) in [6, 6.07) is 5.72. The number of fused-ring (bicyclic) bond motifs is 1. The van der Waals surface area contributed by atoms with Crippen LogP contribution in [-0.2, 0) is 10.3 Å². The molecule has 5 heteroatoms. The quantitative estimate of drug-likeness (QED) is 0.863. The highest BCUT2D eigenvalue weighted by atomic mass is 35.5. The van der Waals surface area contributed by atoms with Crippen LogP contribution < -0.4 is 5.73 Å². The van der Waals surface area contributed by atoms with Crippen molar-refractivity contribution in [2.75, 3.05) is 18.9 Å². The maximum Gasteiger partial charge on any atom is 0.201 e. The monoisotopic (exact) mass is 265 g/mol. The van der Waals surface area contributed by atoms with Crippen LogP contribution in [0.25, 0.3) is 11.0 Å². The summed E-state index contributed by atoms with van der Waals surface area (Å²) < 4.78 is 7.51. The van der Waals surface area contributed by atoms with Crippen LogP contribution in [0.5, 0.6) is 0 Å². The van der Waals surface area contributed by atoms with Crippen LogP contribution in [-0.4, -0.2) is 22.8 Å². The van der Waals surface area contributed by atoms with E-state index in [0.29, 0.717) is 11.0 Å². The molecule has 0 unspecified atom stereocenters. The highest BCUT2D eigenvalue weighted by Crippen LogP contribution is 2.36. The molecule has 2 heterocycles. The molecular weight excluding hydrogens is 250 g/mol. The Morgan fingerprint density at radius 2 is 2.11 bits per heavy atom. The zero-order valence-corrected chi connectivity index (χ0v) is 11.1. The van der Waals surface area contributed by atoms with Gasteiger partial charge >= 0.3 is 0 Å². The first-order valence-electron chi connectivity index (χ1n) is 6.12. The summed E-state index contributed by atoms with van der Waals surface area (Å²) in [7, 11) is 0. The SMILES string of the molecule is CC1(n2c(N)nc3cccc(Cl)c32)CCOCC1. The Morgan fingerprint density at radius 3 is 2.83 bits per heavy atom. The van der Waals surface area contributed by atoms with Gasteiger partial charge in [0.1, 0.15) is 0 Å². The van der Waals surface area contributed by atoms with E-state index in [1.165, 1.54) is 0 Å². The Morgan fingerprint density at radius 1 is 1.39 bits per heavy atom. The summed E-state index contributed by atoms with van der Waals surface area (Å²) in [5.41, 5.74) is 7.81. The first kappa shape index (κ1) is 11.8. The fraction of sp³-hybridized carbons (Fsp3) is 0.462. The van der Waals surface area contributed by atoms with Crippen LogP contribution in [0.2, 0.25) is 5.02 Å². The molecule has 1 aromatic carbocycles. The topological polar surface area (TPSA) is 53.1 Å². The summed E-state index contributed by atoms with van der Waals surface area (Å²) in [5, 5.41) is 0.699. The number of nitrogen functional groups attached to an aromatic ring is 1. The van der Waals surface area contributed by atoms with Crippen molar-refractivity contribution in [3.8, 4) is 0 Å². The minimum Gasteiger partial charge on any atom is -0.381 e. The Labute approximate surface area is 111 Å². The highest BCUT2D eigenvalue weighted by molar-refractivity contribution is 6.35. The third kappa shape index (κ3) is 1.68. The molecule has 1 fully saturated rings. The van der Waals surface area contributed by atoms with Gasteiger partial charge in [0, 0.05) is 18.8 Å². The molecule has 96 valence electrons. The predicted molar refractivity (Wildman–Crippen MR) is 72.9 cm³/mol. The summed E-state index contributed by atoms with van der Waals surface area (Å²) >= 11 is 6.31. The molecular formula is C13H16ClN3O. The number of imidazole rings is 1. The van der Waals surface area contributed by atoms with Crippen molar-refractivity contribution in [3.63, 3.8) is 0 Å². The molecule has 2 aromatic rings. The van der Waals surface area contributed by atoms with Gasteiger partial charge < -0.3 is 15.0 Å². The Kier molecular flexibility index (Phi) is 2.72. The second kappa shape index (κ2) is 4.14. The first-order valence-corrected chi connectivity index (χ1v) is 6.50. The van der Waals surface area contributed by atoms with Gasteiger partial charge in [-0.1, -0.05) is 17.7 Å². The molecule has 0 saturated carbocycles. The molecule has 3 rings (SSSR count). The van der Waals surface area contributed by atoms with Gasteiger partial charge in [-0.3, -0.25) is 0 Å². The summed E-state index contributed by atoms with van der Waals surface area (Å²) in [4.78, 5) is 4.41. The van der Waals surface area contributed by atoms with E-state index >= 15 is 0 Å². The number of aromatic nitrogens is 2. The van der Waals surface area contributed by atoms with Crippen molar-refractivity contribution in [1.29, 1.82) is 0 Å². The number of rotatable bonds is 1. The lowest BCUT2D eigenvalue weighted by molar-refractivity contribution is 0.0321. The zero-order chi connectivity index (χ0) is 12.8. The molecule has 1 aliphatic rings. The second-order valence-electron chi connectivity index (χ2n) is 5.02. The van der Waals surface area contributed by atoms with Gasteiger partial charge in [-0.15, -0.1) is 0 Å². The van der Waals surface area contributed by atoms with Gasteiger partial charge in [0.25, 0.3) is 0 Å². The molecule has 0 aliphatic carbocycles. The van der Waals surface area contributed by atoms with Gasteiger partial charge in [-0.05, 0) is 31.9 Å². The van der Waals surface area contributed by atoms with Crippen LogP contribution in [0, 0.1) is 0 Å². The molecule has 0 amide bonds. The van der Waals surface area contributed by atoms with Crippen molar-refractivity contribution < 1.29 is 4.74 Å². The van der Waals surface area contributed by atoms with Crippen molar-refractivity contribution >= 4 is 28.6 Å². The summed E-state index contributed by atoms with van der Waals surface area (Å²) in [5.74, 6) is 0.530. The number of anilines is 1. The third-order valence-corrected chi connectivity index (χ3v) is 4.07. The number of ether oxygens (including phenoxy) is 1. The Balaban J connectivity index is 2.24. The maximum absolute atomic E-state index is 6.31. The summed E-state index contributed by atoms with van der Waals surface area (Å²) in [6.45, 7) is 3.69. The smallest absolute Gasteiger partial charge is 0.201 e. The molecule has 1 aromatic heterocycles. The van der Waals surface area contributed by atoms with Crippen LogP contribution in [0.15, 0.2) is 18.2 Å². The van der Waals surface area contributed by atoms with E-state index in [1.807, 2.05) is 18.2 Å². The lowest BCUT2D eigenvalue weighted by atomic mass is 9.92. The number of benzene rings is 1.